The van der Waals surface area contributed by atoms with Crippen LogP contribution in [0.2, 0.25) is 0 Å². The molecule has 1 fully saturated rings. The monoisotopic (exact) mass is 402 g/mol. The first kappa shape index (κ1) is 21.6. The van der Waals surface area contributed by atoms with Gasteiger partial charge in [0.1, 0.15) is 18.5 Å². The maximum atomic E-state index is 13.7. The second-order valence-electron chi connectivity index (χ2n) is 7.51. The lowest BCUT2D eigenvalue weighted by Crippen LogP contribution is -2.38. The molecule has 0 amide bonds. The lowest BCUT2D eigenvalue weighted by Gasteiger charge is -2.28. The summed E-state index contributed by atoms with van der Waals surface area (Å²) in [6, 6.07) is 12.5. The smallest absolute Gasteiger partial charge is 0.161 e. The van der Waals surface area contributed by atoms with E-state index in [2.05, 4.69) is 10.2 Å². The zero-order valence-corrected chi connectivity index (χ0v) is 17.1. The van der Waals surface area contributed by atoms with E-state index in [1.165, 1.54) is 25.3 Å². The number of nitrogens with one attached hydrogen (secondary N) is 1. The number of piperidine rings is 1. The molecule has 3 rings (SSSR count). The first-order valence-electron chi connectivity index (χ1n) is 10.3. The number of ether oxygens (including phenoxy) is 2. The van der Waals surface area contributed by atoms with Gasteiger partial charge in [0, 0.05) is 25.2 Å². The highest BCUT2D eigenvalue weighted by molar-refractivity contribution is 5.43. The first-order chi connectivity index (χ1) is 14.2. The van der Waals surface area contributed by atoms with Crippen LogP contribution >= 0.6 is 0 Å². The van der Waals surface area contributed by atoms with Crippen LogP contribution in [0.1, 0.15) is 30.4 Å². The number of hydrogen-bond acceptors (Lipinski definition) is 5. The molecule has 1 aliphatic heterocycles. The normalized spacial score (nSPS) is 15.8. The van der Waals surface area contributed by atoms with Crippen molar-refractivity contribution in [1.82, 2.24) is 10.2 Å². The van der Waals surface area contributed by atoms with Crippen LogP contribution in [0.25, 0.3) is 0 Å². The number of rotatable bonds is 10. The minimum atomic E-state index is -0.541. The van der Waals surface area contributed by atoms with Gasteiger partial charge < -0.3 is 24.8 Å². The number of aliphatic hydroxyl groups excluding tert-OH is 1. The van der Waals surface area contributed by atoms with E-state index >= 15 is 0 Å². The molecule has 0 radical (unpaired) electrons. The molecule has 1 atom stereocenters. The van der Waals surface area contributed by atoms with Gasteiger partial charge in [-0.25, -0.2) is 4.39 Å². The number of halogens is 1. The largest absolute Gasteiger partial charge is 0.493 e. The zero-order chi connectivity index (χ0) is 20.5. The van der Waals surface area contributed by atoms with Gasteiger partial charge in [0.15, 0.2) is 11.5 Å². The molecule has 5 nitrogen and oxygen atoms in total. The molecule has 158 valence electrons. The Morgan fingerprint density at radius 3 is 2.62 bits per heavy atom. The summed E-state index contributed by atoms with van der Waals surface area (Å²) in [7, 11) is 1.60. The van der Waals surface area contributed by atoms with Gasteiger partial charge in [-0.05, 0) is 49.7 Å². The summed E-state index contributed by atoms with van der Waals surface area (Å²) < 4.78 is 25.0. The quantitative estimate of drug-likeness (QED) is 0.638. The first-order valence-corrected chi connectivity index (χ1v) is 10.3. The Bertz CT molecular complexity index is 766. The van der Waals surface area contributed by atoms with Crippen LogP contribution in [0.15, 0.2) is 42.5 Å². The standard InChI is InChI=1S/C23H31FN2O3/c1-28-22-10-9-18(14-25-15-19-7-3-4-8-21(19)24)13-23(22)29-17-20(27)16-26-11-5-2-6-12-26/h3-4,7-10,13,20,25,27H,2,5-6,11-12,14-17H2,1H3/t20-/m0/s1. The second kappa shape index (κ2) is 11.1. The number of β-amino-alcohol motifs (C(OH)–C–C–N with tert-alkyl or cyclic N) is 1. The minimum absolute atomic E-state index is 0.207. The van der Waals surface area contributed by atoms with E-state index in [1.807, 2.05) is 24.3 Å². The molecule has 1 aliphatic rings. The van der Waals surface area contributed by atoms with Crippen molar-refractivity contribution in [3.8, 4) is 11.5 Å². The van der Waals surface area contributed by atoms with Gasteiger partial charge in [0.2, 0.25) is 0 Å². The van der Waals surface area contributed by atoms with Gasteiger partial charge in [-0.3, -0.25) is 0 Å². The van der Waals surface area contributed by atoms with Crippen molar-refractivity contribution in [2.45, 2.75) is 38.5 Å². The average molecular weight is 403 g/mol. The van der Waals surface area contributed by atoms with Crippen molar-refractivity contribution in [3.05, 3.63) is 59.4 Å². The van der Waals surface area contributed by atoms with Crippen molar-refractivity contribution < 1.29 is 19.0 Å². The summed E-state index contributed by atoms with van der Waals surface area (Å²) in [5.41, 5.74) is 1.64. The zero-order valence-electron chi connectivity index (χ0n) is 17.1. The van der Waals surface area contributed by atoms with E-state index in [4.69, 9.17) is 9.47 Å². The number of hydrogen-bond donors (Lipinski definition) is 2. The molecular weight excluding hydrogens is 371 g/mol. The molecule has 2 N–H and O–H groups in total. The SMILES string of the molecule is COc1ccc(CNCc2ccccc2F)cc1OC[C@@H](O)CN1CCCCC1. The Morgan fingerprint density at radius 2 is 1.86 bits per heavy atom. The maximum absolute atomic E-state index is 13.7. The number of methoxy groups -OCH3 is 1. The molecule has 1 heterocycles. The summed E-state index contributed by atoms with van der Waals surface area (Å²) in [5.74, 6) is 1.03. The van der Waals surface area contributed by atoms with Gasteiger partial charge >= 0.3 is 0 Å². The van der Waals surface area contributed by atoms with Crippen LogP contribution < -0.4 is 14.8 Å². The fourth-order valence-corrected chi connectivity index (χ4v) is 3.61. The van der Waals surface area contributed by atoms with Gasteiger partial charge in [0.05, 0.1) is 7.11 Å². The molecule has 0 bridgehead atoms. The molecule has 0 aromatic heterocycles. The van der Waals surface area contributed by atoms with Crippen LogP contribution in [-0.2, 0) is 13.1 Å². The van der Waals surface area contributed by atoms with Crippen molar-refractivity contribution in [2.24, 2.45) is 0 Å². The van der Waals surface area contributed by atoms with Gasteiger partial charge in [0.25, 0.3) is 0 Å². The highest BCUT2D eigenvalue weighted by Crippen LogP contribution is 2.28. The van der Waals surface area contributed by atoms with E-state index in [0.717, 1.165) is 18.7 Å². The van der Waals surface area contributed by atoms with Crippen molar-refractivity contribution in [1.29, 1.82) is 0 Å². The Hall–Kier alpha value is -2.15. The molecule has 0 aliphatic carbocycles. The molecular formula is C23H31FN2O3. The molecule has 6 heteroatoms. The van der Waals surface area contributed by atoms with Crippen molar-refractivity contribution in [3.63, 3.8) is 0 Å². The summed E-state index contributed by atoms with van der Waals surface area (Å²) in [6.07, 6.45) is 3.13. The average Bonchev–Trinajstić information content (AvgIpc) is 2.74. The molecule has 0 saturated carbocycles. The van der Waals surface area contributed by atoms with E-state index in [0.29, 0.717) is 36.7 Å². The van der Waals surface area contributed by atoms with E-state index in [9.17, 15) is 9.50 Å². The molecule has 0 spiro atoms. The van der Waals surface area contributed by atoms with Crippen molar-refractivity contribution >= 4 is 0 Å². The molecule has 0 unspecified atom stereocenters. The highest BCUT2D eigenvalue weighted by atomic mass is 19.1. The van der Waals surface area contributed by atoms with Gasteiger partial charge in [-0.1, -0.05) is 30.7 Å². The number of likely N-dealkylation sites (tertiary alicyclic amines) is 1. The molecule has 29 heavy (non-hydrogen) atoms. The van der Waals surface area contributed by atoms with E-state index < -0.39 is 6.10 Å². The summed E-state index contributed by atoms with van der Waals surface area (Å²) in [6.45, 7) is 3.97. The Kier molecular flexibility index (Phi) is 8.28. The number of nitrogens with zero attached hydrogens (tertiary/aromatic N) is 1. The summed E-state index contributed by atoms with van der Waals surface area (Å²) in [4.78, 5) is 2.29. The van der Waals surface area contributed by atoms with Crippen LogP contribution in [0, 0.1) is 5.82 Å². The Balaban J connectivity index is 1.51. The Labute approximate surface area is 172 Å². The molecule has 2 aromatic carbocycles. The second-order valence-corrected chi connectivity index (χ2v) is 7.51. The molecule has 1 saturated heterocycles. The fraction of sp³-hybridized carbons (Fsp3) is 0.478. The van der Waals surface area contributed by atoms with Crippen LogP contribution in [0.3, 0.4) is 0 Å². The fourth-order valence-electron chi connectivity index (χ4n) is 3.61. The molecule has 2 aromatic rings. The van der Waals surface area contributed by atoms with Crippen LogP contribution in [-0.4, -0.2) is 49.5 Å². The summed E-state index contributed by atoms with van der Waals surface area (Å²) >= 11 is 0. The van der Waals surface area contributed by atoms with Crippen LogP contribution in [0.5, 0.6) is 11.5 Å². The summed E-state index contributed by atoms with van der Waals surface area (Å²) in [5, 5.41) is 13.6. The van der Waals surface area contributed by atoms with Gasteiger partial charge in [-0.15, -0.1) is 0 Å². The third-order valence-electron chi connectivity index (χ3n) is 5.18. The number of benzene rings is 2. The van der Waals surface area contributed by atoms with Crippen LogP contribution in [0.4, 0.5) is 4.39 Å². The third kappa shape index (κ3) is 6.70. The lowest BCUT2D eigenvalue weighted by molar-refractivity contribution is 0.0608. The Morgan fingerprint density at radius 1 is 1.07 bits per heavy atom. The van der Waals surface area contributed by atoms with Crippen molar-refractivity contribution in [2.75, 3.05) is 33.4 Å². The third-order valence-corrected chi connectivity index (χ3v) is 5.18. The predicted molar refractivity (Wildman–Crippen MR) is 112 cm³/mol. The maximum Gasteiger partial charge on any atom is 0.161 e. The predicted octanol–water partition coefficient (Wildman–Crippen LogP) is 3.35. The minimum Gasteiger partial charge on any atom is -0.493 e. The van der Waals surface area contributed by atoms with E-state index in [-0.39, 0.29) is 12.4 Å². The lowest BCUT2D eigenvalue weighted by atomic mass is 10.1. The highest BCUT2D eigenvalue weighted by Gasteiger charge is 2.16. The van der Waals surface area contributed by atoms with E-state index in [1.54, 1.807) is 19.2 Å². The van der Waals surface area contributed by atoms with Gasteiger partial charge in [-0.2, -0.15) is 0 Å². The number of aliphatic hydroxyl groups is 1. The topological polar surface area (TPSA) is 54.0 Å².